The number of halogens is 1. The van der Waals surface area contributed by atoms with Crippen LogP contribution in [0.3, 0.4) is 0 Å². The summed E-state index contributed by atoms with van der Waals surface area (Å²) >= 11 is 5.88. The Balaban J connectivity index is 1.39. The third kappa shape index (κ3) is 6.35. The Morgan fingerprint density at radius 3 is 2.40 bits per heavy atom. The molecule has 0 aliphatic heterocycles. The Hall–Kier alpha value is -3.32. The maximum atomic E-state index is 11.9. The first-order valence-electron chi connectivity index (χ1n) is 9.38. The summed E-state index contributed by atoms with van der Waals surface area (Å²) in [5, 5.41) is 0.636. The molecule has 0 fully saturated rings. The van der Waals surface area contributed by atoms with Crippen LogP contribution in [0, 0.1) is 13.8 Å². The molecule has 0 radical (unpaired) electrons. The van der Waals surface area contributed by atoms with Crippen LogP contribution in [0.4, 0.5) is 0 Å². The van der Waals surface area contributed by atoms with E-state index >= 15 is 0 Å². The third-order valence-corrected chi connectivity index (χ3v) is 4.41. The van der Waals surface area contributed by atoms with Gasteiger partial charge in [0.05, 0.1) is 6.20 Å². The molecule has 0 saturated carbocycles. The molecule has 2 aromatic carbocycles. The van der Waals surface area contributed by atoms with E-state index in [0.717, 1.165) is 16.7 Å². The van der Waals surface area contributed by atoms with E-state index < -0.39 is 5.91 Å². The first kappa shape index (κ1) is 21.4. The number of nitrogens with one attached hydrogen (secondary N) is 2. The third-order valence-electron chi connectivity index (χ3n) is 4.15. The van der Waals surface area contributed by atoms with E-state index in [1.165, 1.54) is 0 Å². The van der Waals surface area contributed by atoms with E-state index in [0.29, 0.717) is 28.8 Å². The molecule has 3 aromatic rings. The second-order valence-corrected chi connectivity index (χ2v) is 7.27. The second-order valence-electron chi connectivity index (χ2n) is 6.83. The highest BCUT2D eigenvalue weighted by atomic mass is 35.5. The Kier molecular flexibility index (Phi) is 7.08. The number of aromatic nitrogens is 1. The van der Waals surface area contributed by atoms with Gasteiger partial charge in [0.15, 0.2) is 18.3 Å². The summed E-state index contributed by atoms with van der Waals surface area (Å²) in [7, 11) is 0. The van der Waals surface area contributed by atoms with E-state index in [4.69, 9.17) is 20.8 Å². The number of amides is 2. The Morgan fingerprint density at radius 2 is 1.70 bits per heavy atom. The lowest BCUT2D eigenvalue weighted by Gasteiger charge is -2.09. The lowest BCUT2D eigenvalue weighted by atomic mass is 10.1. The molecule has 8 heteroatoms. The van der Waals surface area contributed by atoms with Crippen LogP contribution in [-0.2, 0) is 16.0 Å². The minimum atomic E-state index is -0.455. The van der Waals surface area contributed by atoms with E-state index in [2.05, 4.69) is 15.8 Å². The molecule has 1 aromatic heterocycles. The molecular formula is C22H22ClN3O4. The number of carbonyl (C=O) groups excluding carboxylic acids is 2. The summed E-state index contributed by atoms with van der Waals surface area (Å²) in [5.41, 5.74) is 7.62. The number of ether oxygens (including phenoxy) is 1. The molecule has 0 bridgehead atoms. The van der Waals surface area contributed by atoms with Gasteiger partial charge in [0.1, 0.15) is 5.75 Å². The monoisotopic (exact) mass is 427 g/mol. The average molecular weight is 428 g/mol. The van der Waals surface area contributed by atoms with Crippen molar-refractivity contribution in [1.29, 1.82) is 0 Å². The van der Waals surface area contributed by atoms with Crippen molar-refractivity contribution in [2.24, 2.45) is 0 Å². The van der Waals surface area contributed by atoms with Crippen molar-refractivity contribution < 1.29 is 18.7 Å². The normalized spacial score (nSPS) is 10.5. The predicted molar refractivity (Wildman–Crippen MR) is 113 cm³/mol. The van der Waals surface area contributed by atoms with Crippen LogP contribution in [0.5, 0.6) is 5.75 Å². The minimum absolute atomic E-state index is 0.110. The van der Waals surface area contributed by atoms with Crippen LogP contribution in [0.2, 0.25) is 5.02 Å². The van der Waals surface area contributed by atoms with Crippen LogP contribution in [-0.4, -0.2) is 23.4 Å². The van der Waals surface area contributed by atoms with Gasteiger partial charge in [0, 0.05) is 23.4 Å². The summed E-state index contributed by atoms with van der Waals surface area (Å²) in [4.78, 5) is 28.0. The van der Waals surface area contributed by atoms with Crippen molar-refractivity contribution >= 4 is 23.4 Å². The molecule has 0 spiro atoms. The highest BCUT2D eigenvalue weighted by molar-refractivity contribution is 6.30. The van der Waals surface area contributed by atoms with Gasteiger partial charge in [-0.05, 0) is 61.4 Å². The van der Waals surface area contributed by atoms with Gasteiger partial charge in [0.25, 0.3) is 5.91 Å². The maximum absolute atomic E-state index is 11.9. The summed E-state index contributed by atoms with van der Waals surface area (Å²) < 4.78 is 11.1. The largest absolute Gasteiger partial charge is 0.484 e. The van der Waals surface area contributed by atoms with Crippen molar-refractivity contribution in [2.45, 2.75) is 26.7 Å². The number of benzene rings is 2. The van der Waals surface area contributed by atoms with Crippen LogP contribution in [0.15, 0.2) is 53.1 Å². The first-order valence-corrected chi connectivity index (χ1v) is 9.76. The van der Waals surface area contributed by atoms with E-state index in [1.807, 2.05) is 44.2 Å². The highest BCUT2D eigenvalue weighted by Gasteiger charge is 2.10. The van der Waals surface area contributed by atoms with Gasteiger partial charge < -0.3 is 9.15 Å². The van der Waals surface area contributed by atoms with Crippen molar-refractivity contribution in [1.82, 2.24) is 15.8 Å². The molecule has 1 heterocycles. The minimum Gasteiger partial charge on any atom is -0.484 e. The number of hydrazine groups is 1. The molecule has 30 heavy (non-hydrogen) atoms. The molecule has 156 valence electrons. The van der Waals surface area contributed by atoms with Gasteiger partial charge in [-0.1, -0.05) is 17.7 Å². The molecule has 2 N–H and O–H groups in total. The fourth-order valence-corrected chi connectivity index (χ4v) is 2.92. The standard InChI is InChI=1S/C22H22ClN3O4/c1-14-9-15(2)11-18(10-14)29-13-21(28)26-25-20(27)7-8-22-24-12-19(30-22)16-3-5-17(23)6-4-16/h3-6,9-12H,7-8,13H2,1-2H3,(H,25,27)(H,26,28). The smallest absolute Gasteiger partial charge is 0.276 e. The number of hydrogen-bond donors (Lipinski definition) is 2. The Morgan fingerprint density at radius 1 is 1.03 bits per heavy atom. The summed E-state index contributed by atoms with van der Waals surface area (Å²) in [6.07, 6.45) is 2.01. The zero-order valence-corrected chi connectivity index (χ0v) is 17.5. The number of oxazole rings is 1. The zero-order valence-electron chi connectivity index (χ0n) is 16.7. The maximum Gasteiger partial charge on any atom is 0.276 e. The number of carbonyl (C=O) groups is 2. The van der Waals surface area contributed by atoms with Crippen LogP contribution in [0.25, 0.3) is 11.3 Å². The molecule has 3 rings (SSSR count). The summed E-state index contributed by atoms with van der Waals surface area (Å²) in [6.45, 7) is 3.70. The molecule has 7 nitrogen and oxygen atoms in total. The number of nitrogens with zero attached hydrogens (tertiary/aromatic N) is 1. The first-order chi connectivity index (χ1) is 14.4. The number of rotatable bonds is 7. The summed E-state index contributed by atoms with van der Waals surface area (Å²) in [6, 6.07) is 12.9. The van der Waals surface area contributed by atoms with Crippen LogP contribution >= 0.6 is 11.6 Å². The van der Waals surface area contributed by atoms with E-state index in [9.17, 15) is 9.59 Å². The van der Waals surface area contributed by atoms with Gasteiger partial charge in [-0.2, -0.15) is 0 Å². The number of aryl methyl sites for hydroxylation is 3. The van der Waals surface area contributed by atoms with Gasteiger partial charge in [-0.25, -0.2) is 4.98 Å². The van der Waals surface area contributed by atoms with Gasteiger partial charge in [0.2, 0.25) is 5.91 Å². The SMILES string of the molecule is Cc1cc(C)cc(OCC(=O)NNC(=O)CCc2ncc(-c3ccc(Cl)cc3)o2)c1. The van der Waals surface area contributed by atoms with Crippen molar-refractivity contribution in [3.63, 3.8) is 0 Å². The van der Waals surface area contributed by atoms with E-state index in [1.54, 1.807) is 18.3 Å². The molecular weight excluding hydrogens is 406 g/mol. The lowest BCUT2D eigenvalue weighted by molar-refractivity contribution is -0.130. The van der Waals surface area contributed by atoms with Crippen LogP contribution in [0.1, 0.15) is 23.4 Å². The zero-order chi connectivity index (χ0) is 21.5. The molecule has 0 unspecified atom stereocenters. The Bertz CT molecular complexity index is 1010. The highest BCUT2D eigenvalue weighted by Crippen LogP contribution is 2.22. The lowest BCUT2D eigenvalue weighted by Crippen LogP contribution is -2.43. The molecule has 0 saturated heterocycles. The quantitative estimate of drug-likeness (QED) is 0.560. The van der Waals surface area contributed by atoms with E-state index in [-0.39, 0.29) is 18.9 Å². The van der Waals surface area contributed by atoms with Crippen LogP contribution < -0.4 is 15.6 Å². The topological polar surface area (TPSA) is 93.5 Å². The van der Waals surface area contributed by atoms with Gasteiger partial charge in [-0.3, -0.25) is 20.4 Å². The van der Waals surface area contributed by atoms with Gasteiger partial charge >= 0.3 is 0 Å². The fraction of sp³-hybridized carbons (Fsp3) is 0.227. The van der Waals surface area contributed by atoms with Crippen molar-refractivity contribution in [3.8, 4) is 17.1 Å². The predicted octanol–water partition coefficient (Wildman–Crippen LogP) is 3.77. The molecule has 2 amide bonds. The van der Waals surface area contributed by atoms with Crippen molar-refractivity contribution in [3.05, 3.63) is 70.7 Å². The molecule has 0 aliphatic carbocycles. The molecule has 0 atom stereocenters. The number of hydrogen-bond acceptors (Lipinski definition) is 5. The summed E-state index contributed by atoms with van der Waals surface area (Å²) in [5.74, 6) is 0.817. The van der Waals surface area contributed by atoms with Gasteiger partial charge in [-0.15, -0.1) is 0 Å². The fourth-order valence-electron chi connectivity index (χ4n) is 2.80. The average Bonchev–Trinajstić information content (AvgIpc) is 3.18. The Labute approximate surface area is 179 Å². The van der Waals surface area contributed by atoms with Crippen molar-refractivity contribution in [2.75, 3.05) is 6.61 Å². The second kappa shape index (κ2) is 9.93. The molecule has 0 aliphatic rings.